The molecule has 1 heterocycles. The first-order valence-electron chi connectivity index (χ1n) is 8.76. The Morgan fingerprint density at radius 3 is 2.30 bits per heavy atom. The van der Waals surface area contributed by atoms with E-state index in [4.69, 9.17) is 14.9 Å². The number of halogens is 1. The van der Waals surface area contributed by atoms with Crippen LogP contribution >= 0.6 is 12.4 Å². The number of carbonyl (C=O) groups is 5. The van der Waals surface area contributed by atoms with Gasteiger partial charge in [0.1, 0.15) is 19.1 Å². The summed E-state index contributed by atoms with van der Waals surface area (Å²) in [6.07, 6.45) is -0.711. The van der Waals surface area contributed by atoms with Crippen molar-refractivity contribution in [2.45, 2.75) is 19.4 Å². The molecule has 1 aliphatic carbocycles. The van der Waals surface area contributed by atoms with Crippen LogP contribution in [-0.4, -0.2) is 48.5 Å². The van der Waals surface area contributed by atoms with Gasteiger partial charge in [-0.1, -0.05) is 24.3 Å². The highest BCUT2D eigenvalue weighted by molar-refractivity contribution is 6.28. The Morgan fingerprint density at radius 1 is 1.03 bits per heavy atom. The molecule has 3 rings (SSSR count). The Balaban J connectivity index is 0.00000320. The maximum absolute atomic E-state index is 12.5. The van der Waals surface area contributed by atoms with Crippen molar-refractivity contribution in [3.8, 4) is 0 Å². The lowest BCUT2D eigenvalue weighted by atomic mass is 9.88. The van der Waals surface area contributed by atoms with Gasteiger partial charge in [0, 0.05) is 11.1 Å². The number of Topliss-reactive ketones (excluding diaryl/α,β-unsaturated/α-hetero) is 1. The van der Waals surface area contributed by atoms with Gasteiger partial charge in [0.05, 0.1) is 12.2 Å². The summed E-state index contributed by atoms with van der Waals surface area (Å²) in [6.45, 7) is 1.28. The lowest BCUT2D eigenvalue weighted by Gasteiger charge is -2.11. The lowest BCUT2D eigenvalue weighted by molar-refractivity contribution is -0.150. The molecule has 0 fully saturated rings. The van der Waals surface area contributed by atoms with Crippen LogP contribution < -0.4 is 5.73 Å². The molecule has 0 amide bonds. The third-order valence-electron chi connectivity index (χ3n) is 4.19. The van der Waals surface area contributed by atoms with Crippen LogP contribution in [0.5, 0.6) is 0 Å². The van der Waals surface area contributed by atoms with Gasteiger partial charge >= 0.3 is 11.9 Å². The van der Waals surface area contributed by atoms with Gasteiger partial charge in [0.15, 0.2) is 17.3 Å². The van der Waals surface area contributed by atoms with Crippen molar-refractivity contribution in [1.29, 1.82) is 0 Å². The van der Waals surface area contributed by atoms with Crippen LogP contribution in [0.25, 0.3) is 0 Å². The van der Waals surface area contributed by atoms with Crippen LogP contribution in [0, 0.1) is 0 Å². The first-order chi connectivity index (χ1) is 13.8. The van der Waals surface area contributed by atoms with Gasteiger partial charge in [-0.05, 0) is 13.0 Å². The molecule has 1 atom stereocenters. The van der Waals surface area contributed by atoms with Crippen LogP contribution in [-0.2, 0) is 19.1 Å². The summed E-state index contributed by atoms with van der Waals surface area (Å²) in [5.41, 5.74) is 5.87. The molecule has 0 radical (unpaired) electrons. The molecule has 0 unspecified atom stereocenters. The molecule has 1 aromatic heterocycles. The van der Waals surface area contributed by atoms with E-state index in [-0.39, 0.29) is 47.2 Å². The Hall–Kier alpha value is -3.30. The second-order valence-corrected chi connectivity index (χ2v) is 6.20. The maximum atomic E-state index is 12.5. The zero-order valence-electron chi connectivity index (χ0n) is 15.8. The van der Waals surface area contributed by atoms with Crippen LogP contribution in [0.3, 0.4) is 0 Å². The van der Waals surface area contributed by atoms with Crippen LogP contribution in [0.4, 0.5) is 0 Å². The summed E-state index contributed by atoms with van der Waals surface area (Å²) >= 11 is 0. The molecule has 10 heteroatoms. The van der Waals surface area contributed by atoms with Crippen molar-refractivity contribution in [3.63, 3.8) is 0 Å². The number of benzene rings is 1. The molecule has 1 aliphatic rings. The SMILES string of the molecule is CCOC(=O)[C@@H](N)COC(=O)CC(=O)c1cc2c(o1)C(=O)c1ccccc1C2=O.Cl. The topological polar surface area (TPSA) is 143 Å². The minimum absolute atomic E-state index is 0. The first kappa shape index (κ1) is 23.0. The van der Waals surface area contributed by atoms with E-state index in [1.807, 2.05) is 0 Å². The third-order valence-corrected chi connectivity index (χ3v) is 4.19. The van der Waals surface area contributed by atoms with E-state index in [1.54, 1.807) is 19.1 Å². The fourth-order valence-electron chi connectivity index (χ4n) is 2.78. The van der Waals surface area contributed by atoms with E-state index in [9.17, 15) is 24.0 Å². The fourth-order valence-corrected chi connectivity index (χ4v) is 2.78. The van der Waals surface area contributed by atoms with E-state index in [0.717, 1.165) is 6.07 Å². The highest BCUT2D eigenvalue weighted by atomic mass is 35.5. The molecule has 30 heavy (non-hydrogen) atoms. The van der Waals surface area contributed by atoms with E-state index >= 15 is 0 Å². The van der Waals surface area contributed by atoms with Gasteiger partial charge in [0.25, 0.3) is 0 Å². The van der Waals surface area contributed by atoms with Gasteiger partial charge < -0.3 is 19.6 Å². The maximum Gasteiger partial charge on any atom is 0.326 e. The molecule has 158 valence electrons. The molecular formula is C20H18ClNO8. The quantitative estimate of drug-likeness (QED) is 0.331. The van der Waals surface area contributed by atoms with Crippen molar-refractivity contribution in [3.05, 3.63) is 58.5 Å². The smallest absolute Gasteiger partial charge is 0.326 e. The molecule has 0 spiro atoms. The number of hydrogen-bond acceptors (Lipinski definition) is 9. The number of fused-ring (bicyclic) bond motifs is 2. The largest absolute Gasteiger partial charge is 0.465 e. The average molecular weight is 436 g/mol. The number of ether oxygens (including phenoxy) is 2. The van der Waals surface area contributed by atoms with E-state index in [2.05, 4.69) is 4.74 Å². The molecule has 2 N–H and O–H groups in total. The number of ketones is 3. The average Bonchev–Trinajstić information content (AvgIpc) is 3.16. The number of nitrogens with two attached hydrogens (primary N) is 1. The van der Waals surface area contributed by atoms with Crippen molar-refractivity contribution in [2.24, 2.45) is 5.73 Å². The van der Waals surface area contributed by atoms with Gasteiger partial charge in [0.2, 0.25) is 11.6 Å². The molecule has 0 bridgehead atoms. The third kappa shape index (κ3) is 4.47. The summed E-state index contributed by atoms with van der Waals surface area (Å²) in [5, 5.41) is 0. The molecule has 0 aliphatic heterocycles. The molecule has 1 aromatic carbocycles. The molecular weight excluding hydrogens is 418 g/mol. The molecule has 9 nitrogen and oxygen atoms in total. The summed E-state index contributed by atoms with van der Waals surface area (Å²) in [5.74, 6) is -3.96. The summed E-state index contributed by atoms with van der Waals surface area (Å²) in [7, 11) is 0. The van der Waals surface area contributed by atoms with E-state index in [0.29, 0.717) is 0 Å². The zero-order chi connectivity index (χ0) is 21.1. The van der Waals surface area contributed by atoms with Gasteiger partial charge in [-0.25, -0.2) is 0 Å². The fraction of sp³-hybridized carbons (Fsp3) is 0.250. The summed E-state index contributed by atoms with van der Waals surface area (Å²) < 4.78 is 14.8. The van der Waals surface area contributed by atoms with Gasteiger partial charge in [-0.15, -0.1) is 12.4 Å². The second kappa shape index (κ2) is 9.47. The summed E-state index contributed by atoms with van der Waals surface area (Å²) in [4.78, 5) is 60.6. The highest BCUT2D eigenvalue weighted by Gasteiger charge is 2.34. The van der Waals surface area contributed by atoms with Crippen molar-refractivity contribution in [1.82, 2.24) is 0 Å². The predicted molar refractivity (Wildman–Crippen MR) is 104 cm³/mol. The normalized spacial score (nSPS) is 12.9. The van der Waals surface area contributed by atoms with Crippen molar-refractivity contribution >= 4 is 41.7 Å². The molecule has 0 saturated heterocycles. The van der Waals surface area contributed by atoms with Crippen LogP contribution in [0.1, 0.15) is 55.9 Å². The number of carbonyl (C=O) groups excluding carboxylic acids is 5. The van der Waals surface area contributed by atoms with E-state index < -0.39 is 48.4 Å². The van der Waals surface area contributed by atoms with Crippen molar-refractivity contribution < 1.29 is 37.9 Å². The predicted octanol–water partition coefficient (Wildman–Crippen LogP) is 1.48. The van der Waals surface area contributed by atoms with Crippen LogP contribution in [0.2, 0.25) is 0 Å². The number of hydrogen-bond donors (Lipinski definition) is 1. The first-order valence-corrected chi connectivity index (χ1v) is 8.76. The minimum atomic E-state index is -1.17. The molecule has 2 aromatic rings. The van der Waals surface area contributed by atoms with Gasteiger partial charge in [-0.3, -0.25) is 24.0 Å². The lowest BCUT2D eigenvalue weighted by Crippen LogP contribution is -2.37. The highest BCUT2D eigenvalue weighted by Crippen LogP contribution is 2.30. The van der Waals surface area contributed by atoms with E-state index in [1.165, 1.54) is 12.1 Å². The number of rotatable bonds is 7. The number of esters is 2. The number of furan rings is 1. The monoisotopic (exact) mass is 435 g/mol. The molecule has 0 saturated carbocycles. The Bertz CT molecular complexity index is 973. The Labute approximate surface area is 176 Å². The van der Waals surface area contributed by atoms with Crippen LogP contribution in [0.15, 0.2) is 34.7 Å². The van der Waals surface area contributed by atoms with Gasteiger partial charge in [-0.2, -0.15) is 0 Å². The minimum Gasteiger partial charge on any atom is -0.465 e. The van der Waals surface area contributed by atoms with Crippen molar-refractivity contribution in [2.75, 3.05) is 13.2 Å². The second-order valence-electron chi connectivity index (χ2n) is 6.20. The Kier molecular flexibility index (Phi) is 7.25. The standard InChI is InChI=1S/C20H17NO8.ClH/c1-2-27-20(26)13(21)9-28-16(23)8-14(22)15-7-12-17(24)10-5-3-4-6-11(10)18(25)19(12)29-15;/h3-7,13H,2,8-9,21H2,1H3;1H/t13-;/m0./s1. The zero-order valence-corrected chi connectivity index (χ0v) is 16.7. The summed E-state index contributed by atoms with van der Waals surface area (Å²) in [6, 6.07) is 6.22. The Morgan fingerprint density at radius 2 is 1.67 bits per heavy atom.